The number of thiazole rings is 1. The summed E-state index contributed by atoms with van der Waals surface area (Å²) in [5, 5.41) is 0.0503. The van der Waals surface area contributed by atoms with Crippen molar-refractivity contribution in [3.63, 3.8) is 0 Å². The molecule has 4 heterocycles. The highest BCUT2D eigenvalue weighted by Gasteiger charge is 2.45. The minimum atomic E-state index is -4.26. The summed E-state index contributed by atoms with van der Waals surface area (Å²) < 4.78 is 38.0. The van der Waals surface area contributed by atoms with Crippen molar-refractivity contribution < 1.29 is 13.2 Å². The van der Waals surface area contributed by atoms with E-state index in [0.29, 0.717) is 27.6 Å². The number of nitrogens with zero attached hydrogens (tertiary/aromatic N) is 5. The first kappa shape index (κ1) is 17.9. The zero-order valence-electron chi connectivity index (χ0n) is 14.9. The van der Waals surface area contributed by atoms with E-state index in [1.165, 1.54) is 6.33 Å². The van der Waals surface area contributed by atoms with E-state index in [1.807, 2.05) is 0 Å². The highest BCUT2D eigenvalue weighted by molar-refractivity contribution is 7.18. The fourth-order valence-electron chi connectivity index (χ4n) is 3.95. The van der Waals surface area contributed by atoms with Crippen LogP contribution >= 0.6 is 11.3 Å². The Labute approximate surface area is 154 Å². The van der Waals surface area contributed by atoms with Crippen LogP contribution in [0, 0.1) is 5.41 Å². The van der Waals surface area contributed by atoms with Gasteiger partial charge in [0, 0.05) is 32.2 Å². The molecule has 0 aliphatic carbocycles. The molecule has 142 valence electrons. The number of halogens is 3. The number of piperidine rings is 1. The summed E-state index contributed by atoms with van der Waals surface area (Å²) in [5.74, 6) is 0.676. The van der Waals surface area contributed by atoms with Gasteiger partial charge in [0.2, 0.25) is 0 Å². The number of likely N-dealkylation sites (tertiary alicyclic amines) is 1. The number of hydrogen-bond acceptors (Lipinski definition) is 6. The largest absolute Gasteiger partial charge is 0.395 e. The molecule has 0 unspecified atom stereocenters. The number of hydrogen-bond donors (Lipinski definition) is 0. The zero-order valence-corrected chi connectivity index (χ0v) is 15.7. The fraction of sp³-hybridized carbons (Fsp3) is 0.706. The van der Waals surface area contributed by atoms with Crippen molar-refractivity contribution in [3.8, 4) is 0 Å². The molecule has 9 heteroatoms. The van der Waals surface area contributed by atoms with Crippen molar-refractivity contribution >= 4 is 27.5 Å². The van der Waals surface area contributed by atoms with E-state index >= 15 is 0 Å². The van der Waals surface area contributed by atoms with E-state index in [-0.39, 0.29) is 5.01 Å². The molecule has 0 bridgehead atoms. The van der Waals surface area contributed by atoms with Crippen LogP contribution in [0.1, 0.15) is 31.7 Å². The molecule has 26 heavy (non-hydrogen) atoms. The maximum Gasteiger partial charge on any atom is 0.395 e. The Hall–Kier alpha value is -1.48. The molecular weight excluding hydrogens is 363 g/mol. The van der Waals surface area contributed by atoms with Gasteiger partial charge in [0.1, 0.15) is 21.7 Å². The van der Waals surface area contributed by atoms with Crippen molar-refractivity contribution in [2.24, 2.45) is 5.41 Å². The summed E-state index contributed by atoms with van der Waals surface area (Å²) in [6, 6.07) is 0.585. The summed E-state index contributed by atoms with van der Waals surface area (Å²) in [4.78, 5) is 17.8. The molecule has 2 fully saturated rings. The molecule has 0 atom stereocenters. The number of anilines is 1. The van der Waals surface area contributed by atoms with Crippen LogP contribution < -0.4 is 4.90 Å². The smallest absolute Gasteiger partial charge is 0.355 e. The van der Waals surface area contributed by atoms with Crippen LogP contribution in [0.4, 0.5) is 19.0 Å². The molecule has 0 saturated carbocycles. The van der Waals surface area contributed by atoms with Gasteiger partial charge in [-0.15, -0.1) is 0 Å². The molecule has 5 nitrogen and oxygen atoms in total. The van der Waals surface area contributed by atoms with Crippen LogP contribution in [0.3, 0.4) is 0 Å². The van der Waals surface area contributed by atoms with Crippen LogP contribution in [0.5, 0.6) is 0 Å². The van der Waals surface area contributed by atoms with Crippen LogP contribution in [0.25, 0.3) is 10.3 Å². The van der Waals surface area contributed by atoms with Crippen molar-refractivity contribution in [2.45, 2.75) is 45.3 Å². The van der Waals surface area contributed by atoms with E-state index in [0.717, 1.165) is 50.4 Å². The van der Waals surface area contributed by atoms with E-state index in [9.17, 15) is 13.2 Å². The van der Waals surface area contributed by atoms with Crippen molar-refractivity contribution in [1.82, 2.24) is 19.9 Å². The second kappa shape index (κ2) is 6.30. The lowest BCUT2D eigenvalue weighted by Gasteiger charge is -2.55. The normalized spacial score (nSPS) is 20.9. The maximum atomic E-state index is 12.7. The summed E-state index contributed by atoms with van der Waals surface area (Å²) in [5.41, 5.74) is 0.904. The number of fused-ring (bicyclic) bond motifs is 1. The highest BCUT2D eigenvalue weighted by Crippen LogP contribution is 2.42. The number of alkyl halides is 3. The molecule has 0 amide bonds. The van der Waals surface area contributed by atoms with Crippen molar-refractivity contribution in [2.75, 3.05) is 31.1 Å². The Morgan fingerprint density at radius 3 is 2.50 bits per heavy atom. The monoisotopic (exact) mass is 385 g/mol. The average molecular weight is 385 g/mol. The first-order chi connectivity index (χ1) is 12.2. The molecule has 2 aliphatic heterocycles. The van der Waals surface area contributed by atoms with Gasteiger partial charge in [0.25, 0.3) is 0 Å². The minimum absolute atomic E-state index is 0.0503. The zero-order chi connectivity index (χ0) is 18.5. The Bertz CT molecular complexity index is 787. The predicted octanol–water partition coefficient (Wildman–Crippen LogP) is 3.50. The third-order valence-electron chi connectivity index (χ3n) is 5.50. The van der Waals surface area contributed by atoms with Gasteiger partial charge in [-0.1, -0.05) is 11.3 Å². The SMILES string of the molecule is CC(C)N1CC2(CCN(c3ncnc4sc(CC(F)(F)F)nc34)CC2)C1. The Morgan fingerprint density at radius 1 is 1.19 bits per heavy atom. The first-order valence-electron chi connectivity index (χ1n) is 8.91. The van der Waals surface area contributed by atoms with Crippen LogP contribution in [0.15, 0.2) is 6.33 Å². The predicted molar refractivity (Wildman–Crippen MR) is 95.6 cm³/mol. The molecule has 2 aromatic heterocycles. The topological polar surface area (TPSA) is 45.2 Å². The number of aromatic nitrogens is 3. The summed E-state index contributed by atoms with van der Waals surface area (Å²) >= 11 is 1.01. The molecule has 4 rings (SSSR count). The average Bonchev–Trinajstić information content (AvgIpc) is 2.92. The molecule has 0 aromatic carbocycles. The van der Waals surface area contributed by atoms with Crippen LogP contribution in [-0.4, -0.2) is 58.2 Å². The van der Waals surface area contributed by atoms with Crippen LogP contribution in [0.2, 0.25) is 0 Å². The molecule has 0 radical (unpaired) electrons. The van der Waals surface area contributed by atoms with Gasteiger partial charge in [-0.25, -0.2) is 15.0 Å². The van der Waals surface area contributed by atoms with Crippen LogP contribution in [-0.2, 0) is 6.42 Å². The Morgan fingerprint density at radius 2 is 1.88 bits per heavy atom. The molecule has 2 aliphatic rings. The lowest BCUT2D eigenvalue weighted by molar-refractivity contribution is -0.127. The molecule has 2 aromatic rings. The third kappa shape index (κ3) is 3.38. The minimum Gasteiger partial charge on any atom is -0.355 e. The number of rotatable bonds is 3. The summed E-state index contributed by atoms with van der Waals surface area (Å²) in [7, 11) is 0. The second-order valence-corrected chi connectivity index (χ2v) is 8.80. The second-order valence-electron chi connectivity index (χ2n) is 7.74. The Kier molecular flexibility index (Phi) is 4.34. The van der Waals surface area contributed by atoms with E-state index in [1.54, 1.807) is 0 Å². The van der Waals surface area contributed by atoms with E-state index in [4.69, 9.17) is 0 Å². The Balaban J connectivity index is 1.49. The standard InChI is InChI=1S/C17H22F3N5S/c1-11(2)25-8-16(9-25)3-5-24(6-4-16)14-13-15(22-10-21-14)26-12(23-13)7-17(18,19)20/h10-11H,3-9H2,1-2H3. The quantitative estimate of drug-likeness (QED) is 0.809. The van der Waals surface area contributed by atoms with E-state index < -0.39 is 12.6 Å². The van der Waals surface area contributed by atoms with Gasteiger partial charge in [0.05, 0.1) is 6.42 Å². The fourth-order valence-corrected chi connectivity index (χ4v) is 4.88. The third-order valence-corrected chi connectivity index (χ3v) is 6.47. The molecule has 0 N–H and O–H groups in total. The summed E-state index contributed by atoms with van der Waals surface area (Å²) in [6.45, 7) is 8.46. The van der Waals surface area contributed by atoms with E-state index in [2.05, 4.69) is 38.6 Å². The van der Waals surface area contributed by atoms with Gasteiger partial charge in [0.15, 0.2) is 5.82 Å². The molecule has 2 saturated heterocycles. The van der Waals surface area contributed by atoms with Crippen molar-refractivity contribution in [1.29, 1.82) is 0 Å². The summed E-state index contributed by atoms with van der Waals surface area (Å²) in [6.07, 6.45) is -1.67. The van der Waals surface area contributed by atoms with Gasteiger partial charge >= 0.3 is 6.18 Å². The first-order valence-corrected chi connectivity index (χ1v) is 9.73. The van der Waals surface area contributed by atoms with Crippen molar-refractivity contribution in [3.05, 3.63) is 11.3 Å². The lowest BCUT2D eigenvalue weighted by atomic mass is 9.71. The van der Waals surface area contributed by atoms with Gasteiger partial charge in [-0.2, -0.15) is 13.2 Å². The van der Waals surface area contributed by atoms with Gasteiger partial charge in [-0.3, -0.25) is 4.90 Å². The van der Waals surface area contributed by atoms with Gasteiger partial charge in [-0.05, 0) is 32.1 Å². The lowest BCUT2D eigenvalue weighted by Crippen LogP contribution is -2.62. The highest BCUT2D eigenvalue weighted by atomic mass is 32.1. The molecule has 1 spiro atoms. The van der Waals surface area contributed by atoms with Gasteiger partial charge < -0.3 is 4.90 Å². The maximum absolute atomic E-state index is 12.7. The molecular formula is C17H22F3N5S.